The summed E-state index contributed by atoms with van der Waals surface area (Å²) in [5.41, 5.74) is 0.723. The number of hydrogen-bond acceptors (Lipinski definition) is 2. The number of hydrogen-bond donors (Lipinski definition) is 1. The van der Waals surface area contributed by atoms with Crippen molar-refractivity contribution in [1.29, 1.82) is 0 Å². The average Bonchev–Trinajstić information content (AvgIpc) is 2.76. The molecule has 64 valence electrons. The van der Waals surface area contributed by atoms with Crippen molar-refractivity contribution in [3.8, 4) is 0 Å². The van der Waals surface area contributed by atoms with E-state index in [-0.39, 0.29) is 0 Å². The highest BCUT2D eigenvalue weighted by atomic mass is 15.1. The van der Waals surface area contributed by atoms with Gasteiger partial charge in [-0.2, -0.15) is 0 Å². The molecular weight excluding hydrogens is 136 g/mol. The van der Waals surface area contributed by atoms with Crippen molar-refractivity contribution >= 4 is 0 Å². The Labute approximate surface area is 69.0 Å². The summed E-state index contributed by atoms with van der Waals surface area (Å²) in [6, 6.07) is 0.765. The van der Waals surface area contributed by atoms with E-state index in [9.17, 15) is 0 Å². The Bertz CT molecular complexity index is 152. The quantitative estimate of drug-likeness (QED) is 0.598. The van der Waals surface area contributed by atoms with Crippen LogP contribution >= 0.6 is 0 Å². The zero-order valence-corrected chi connectivity index (χ0v) is 7.56. The van der Waals surface area contributed by atoms with E-state index in [0.29, 0.717) is 0 Å². The molecule has 11 heavy (non-hydrogen) atoms. The van der Waals surface area contributed by atoms with Crippen LogP contribution in [0.5, 0.6) is 0 Å². The van der Waals surface area contributed by atoms with Gasteiger partial charge in [-0.1, -0.05) is 0 Å². The van der Waals surface area contributed by atoms with Crippen molar-refractivity contribution in [2.45, 2.75) is 25.3 Å². The second-order valence-electron chi connectivity index (χ2n) is 4.22. The molecule has 1 aliphatic heterocycles. The van der Waals surface area contributed by atoms with E-state index in [4.69, 9.17) is 0 Å². The normalized spacial score (nSPS) is 36.0. The number of likely N-dealkylation sites (tertiary alicyclic amines) is 1. The molecule has 0 radical (unpaired) electrons. The second kappa shape index (κ2) is 2.46. The molecule has 1 saturated carbocycles. The summed E-state index contributed by atoms with van der Waals surface area (Å²) < 4.78 is 0. The first-order chi connectivity index (χ1) is 5.27. The lowest BCUT2D eigenvalue weighted by molar-refractivity contribution is 0.156. The Balaban J connectivity index is 2.01. The minimum absolute atomic E-state index is 0.723. The predicted octanol–water partition coefficient (Wildman–Crippen LogP) is 0.690. The third kappa shape index (κ3) is 1.18. The van der Waals surface area contributed by atoms with Gasteiger partial charge in [-0.25, -0.2) is 0 Å². The Kier molecular flexibility index (Phi) is 1.69. The third-order valence-corrected chi connectivity index (χ3v) is 3.47. The molecule has 1 aliphatic carbocycles. The van der Waals surface area contributed by atoms with Crippen LogP contribution in [0.25, 0.3) is 0 Å². The number of rotatable bonds is 1. The minimum atomic E-state index is 0.723. The minimum Gasteiger partial charge on any atom is -0.315 e. The third-order valence-electron chi connectivity index (χ3n) is 3.47. The van der Waals surface area contributed by atoms with Crippen molar-refractivity contribution < 1.29 is 0 Å². The smallest absolute Gasteiger partial charge is 0.0248 e. The fraction of sp³-hybridized carbons (Fsp3) is 1.00. The van der Waals surface area contributed by atoms with Crippen molar-refractivity contribution in [1.82, 2.24) is 10.2 Å². The lowest BCUT2D eigenvalue weighted by atomic mass is 9.89. The zero-order valence-electron chi connectivity index (χ0n) is 7.56. The Morgan fingerprint density at radius 2 is 2.09 bits per heavy atom. The molecule has 2 rings (SSSR count). The number of nitrogens with zero attached hydrogens (tertiary/aromatic N) is 1. The monoisotopic (exact) mass is 154 g/mol. The summed E-state index contributed by atoms with van der Waals surface area (Å²) >= 11 is 0. The van der Waals surface area contributed by atoms with Crippen molar-refractivity contribution in [2.75, 3.05) is 27.2 Å². The summed E-state index contributed by atoms with van der Waals surface area (Å²) in [6.07, 6.45) is 4.34. The molecule has 2 fully saturated rings. The van der Waals surface area contributed by atoms with E-state index in [1.165, 1.54) is 32.4 Å². The first kappa shape index (κ1) is 7.56. The van der Waals surface area contributed by atoms with Crippen LogP contribution in [0.2, 0.25) is 0 Å². The molecule has 0 aromatic carbocycles. The SMILES string of the molecule is CNC1CN(C)CCC12CC2. The molecule has 1 spiro atoms. The van der Waals surface area contributed by atoms with Gasteiger partial charge in [-0.05, 0) is 45.3 Å². The molecule has 2 nitrogen and oxygen atoms in total. The van der Waals surface area contributed by atoms with Crippen LogP contribution in [0, 0.1) is 5.41 Å². The van der Waals surface area contributed by atoms with Crippen molar-refractivity contribution in [3.63, 3.8) is 0 Å². The highest BCUT2D eigenvalue weighted by Gasteiger charge is 2.50. The topological polar surface area (TPSA) is 15.3 Å². The zero-order chi connectivity index (χ0) is 7.90. The van der Waals surface area contributed by atoms with Crippen LogP contribution in [0.4, 0.5) is 0 Å². The standard InChI is InChI=1S/C9H18N2/c1-10-8-7-11(2)6-5-9(8)3-4-9/h8,10H,3-7H2,1-2H3. The molecule has 1 unspecified atom stereocenters. The Morgan fingerprint density at radius 1 is 1.36 bits per heavy atom. The lowest BCUT2D eigenvalue weighted by Gasteiger charge is -2.37. The first-order valence-electron chi connectivity index (χ1n) is 4.63. The number of likely N-dealkylation sites (N-methyl/N-ethyl adjacent to an activating group) is 2. The van der Waals surface area contributed by atoms with Gasteiger partial charge < -0.3 is 10.2 Å². The number of piperidine rings is 1. The molecule has 2 heteroatoms. The molecule has 1 atom stereocenters. The van der Waals surface area contributed by atoms with Crippen LogP contribution in [0.3, 0.4) is 0 Å². The summed E-state index contributed by atoms with van der Waals surface area (Å²) in [7, 11) is 4.32. The van der Waals surface area contributed by atoms with E-state index in [1.807, 2.05) is 0 Å². The molecule has 1 saturated heterocycles. The van der Waals surface area contributed by atoms with Gasteiger partial charge in [-0.15, -0.1) is 0 Å². The summed E-state index contributed by atoms with van der Waals surface area (Å²) in [5.74, 6) is 0. The molecule has 0 bridgehead atoms. The Hall–Kier alpha value is -0.0800. The number of nitrogens with one attached hydrogen (secondary N) is 1. The van der Waals surface area contributed by atoms with Crippen LogP contribution in [0.1, 0.15) is 19.3 Å². The first-order valence-corrected chi connectivity index (χ1v) is 4.63. The van der Waals surface area contributed by atoms with Gasteiger partial charge >= 0.3 is 0 Å². The molecule has 1 N–H and O–H groups in total. The Morgan fingerprint density at radius 3 is 2.64 bits per heavy atom. The fourth-order valence-electron chi connectivity index (χ4n) is 2.34. The maximum absolute atomic E-state index is 3.45. The molecule has 0 aromatic rings. The largest absolute Gasteiger partial charge is 0.315 e. The maximum atomic E-state index is 3.45. The van der Waals surface area contributed by atoms with E-state index < -0.39 is 0 Å². The summed E-state index contributed by atoms with van der Waals surface area (Å²) in [5, 5.41) is 3.45. The van der Waals surface area contributed by atoms with E-state index >= 15 is 0 Å². The van der Waals surface area contributed by atoms with Crippen LogP contribution in [-0.2, 0) is 0 Å². The summed E-state index contributed by atoms with van der Waals surface area (Å²) in [4.78, 5) is 2.44. The van der Waals surface area contributed by atoms with E-state index in [0.717, 1.165) is 11.5 Å². The molecule has 0 aromatic heterocycles. The van der Waals surface area contributed by atoms with Gasteiger partial charge in [0, 0.05) is 12.6 Å². The van der Waals surface area contributed by atoms with Gasteiger partial charge in [0.15, 0.2) is 0 Å². The van der Waals surface area contributed by atoms with Crippen molar-refractivity contribution in [2.24, 2.45) is 5.41 Å². The van der Waals surface area contributed by atoms with Gasteiger partial charge in [0.1, 0.15) is 0 Å². The van der Waals surface area contributed by atoms with Gasteiger partial charge in [-0.3, -0.25) is 0 Å². The van der Waals surface area contributed by atoms with Crippen LogP contribution in [-0.4, -0.2) is 38.1 Å². The average molecular weight is 154 g/mol. The maximum Gasteiger partial charge on any atom is 0.0248 e. The van der Waals surface area contributed by atoms with Crippen molar-refractivity contribution in [3.05, 3.63) is 0 Å². The van der Waals surface area contributed by atoms with Crippen LogP contribution < -0.4 is 5.32 Å². The molecular formula is C9H18N2. The summed E-state index contributed by atoms with van der Waals surface area (Å²) in [6.45, 7) is 2.55. The lowest BCUT2D eigenvalue weighted by Crippen LogP contribution is -2.49. The second-order valence-corrected chi connectivity index (χ2v) is 4.22. The molecule has 0 amide bonds. The highest BCUT2D eigenvalue weighted by molar-refractivity contribution is 5.05. The predicted molar refractivity (Wildman–Crippen MR) is 46.6 cm³/mol. The van der Waals surface area contributed by atoms with E-state index in [1.54, 1.807) is 0 Å². The van der Waals surface area contributed by atoms with E-state index in [2.05, 4.69) is 24.3 Å². The fourth-order valence-corrected chi connectivity index (χ4v) is 2.34. The van der Waals surface area contributed by atoms with Gasteiger partial charge in [0.05, 0.1) is 0 Å². The van der Waals surface area contributed by atoms with Gasteiger partial charge in [0.2, 0.25) is 0 Å². The van der Waals surface area contributed by atoms with Crippen LogP contribution in [0.15, 0.2) is 0 Å². The molecule has 1 heterocycles. The van der Waals surface area contributed by atoms with Gasteiger partial charge in [0.25, 0.3) is 0 Å². The molecule has 2 aliphatic rings. The highest BCUT2D eigenvalue weighted by Crippen LogP contribution is 2.53.